The molecule has 1 atom stereocenters. The molecule has 60 valence electrons. The Balaban J connectivity index is 0.000000371. The van der Waals surface area contributed by atoms with Crippen molar-refractivity contribution in [2.24, 2.45) is 5.92 Å². The third kappa shape index (κ3) is 3.71. The zero-order chi connectivity index (χ0) is 7.98. The van der Waals surface area contributed by atoms with Gasteiger partial charge in [-0.2, -0.15) is 0 Å². The first-order valence-electron chi connectivity index (χ1n) is 4.46. The maximum atomic E-state index is 2.39. The van der Waals surface area contributed by atoms with E-state index in [1.165, 1.54) is 19.3 Å². The minimum absolute atomic E-state index is 0.851. The molecule has 0 fully saturated rings. The molecular formula is C10H20. The zero-order valence-electron chi connectivity index (χ0n) is 7.78. The molecule has 0 saturated heterocycles. The van der Waals surface area contributed by atoms with Gasteiger partial charge in [-0.25, -0.2) is 0 Å². The van der Waals surface area contributed by atoms with Crippen LogP contribution in [0.25, 0.3) is 0 Å². The van der Waals surface area contributed by atoms with E-state index in [-0.39, 0.29) is 0 Å². The minimum atomic E-state index is 0.851. The van der Waals surface area contributed by atoms with E-state index in [1.54, 1.807) is 5.57 Å². The van der Waals surface area contributed by atoms with Gasteiger partial charge in [-0.15, -0.1) is 0 Å². The number of rotatable bonds is 0. The summed E-state index contributed by atoms with van der Waals surface area (Å²) in [6, 6.07) is 0. The highest BCUT2D eigenvalue weighted by atomic mass is 14.1. The average molecular weight is 140 g/mol. The Morgan fingerprint density at radius 2 is 2.00 bits per heavy atom. The molecule has 0 bridgehead atoms. The van der Waals surface area contributed by atoms with Crippen molar-refractivity contribution < 1.29 is 0 Å². The summed E-state index contributed by atoms with van der Waals surface area (Å²) >= 11 is 0. The largest absolute Gasteiger partial charge is 0.0828 e. The Bertz CT molecular complexity index is 101. The van der Waals surface area contributed by atoms with Crippen molar-refractivity contribution in [1.29, 1.82) is 0 Å². The molecule has 1 aliphatic rings. The molecule has 0 spiro atoms. The number of hydrogen-bond acceptors (Lipinski definition) is 0. The summed E-state index contributed by atoms with van der Waals surface area (Å²) in [6.07, 6.45) is 6.54. The fraction of sp³-hybridized carbons (Fsp3) is 0.800. The van der Waals surface area contributed by atoms with Crippen LogP contribution < -0.4 is 0 Å². The van der Waals surface area contributed by atoms with Gasteiger partial charge in [-0.3, -0.25) is 0 Å². The quantitative estimate of drug-likeness (QED) is 0.449. The van der Waals surface area contributed by atoms with E-state index in [9.17, 15) is 0 Å². The van der Waals surface area contributed by atoms with Crippen LogP contribution in [0.5, 0.6) is 0 Å². The topological polar surface area (TPSA) is 0 Å². The second-order valence-corrected chi connectivity index (χ2v) is 2.88. The molecule has 0 radical (unpaired) electrons. The number of allylic oxidation sites excluding steroid dienone is 2. The van der Waals surface area contributed by atoms with Crippen LogP contribution in [0, 0.1) is 5.92 Å². The first-order valence-corrected chi connectivity index (χ1v) is 4.46. The Morgan fingerprint density at radius 3 is 2.30 bits per heavy atom. The van der Waals surface area contributed by atoms with Crippen LogP contribution in [-0.4, -0.2) is 0 Å². The lowest BCUT2D eigenvalue weighted by atomic mass is 9.93. The van der Waals surface area contributed by atoms with Gasteiger partial charge >= 0.3 is 0 Å². The molecule has 0 N–H and O–H groups in total. The molecule has 1 aliphatic carbocycles. The highest BCUT2D eigenvalue weighted by molar-refractivity contribution is 5.03. The Hall–Kier alpha value is -0.260. The SMILES string of the molecule is CC.CC1=CC(C)CCC1. The van der Waals surface area contributed by atoms with Gasteiger partial charge in [0.25, 0.3) is 0 Å². The molecule has 1 unspecified atom stereocenters. The van der Waals surface area contributed by atoms with Gasteiger partial charge < -0.3 is 0 Å². The van der Waals surface area contributed by atoms with Crippen molar-refractivity contribution >= 4 is 0 Å². The standard InChI is InChI=1S/C8H14.C2H6/c1-7-4-3-5-8(2)6-7;1-2/h6-7H,3-5H2,1-2H3;1-2H3. The first kappa shape index (κ1) is 9.74. The Kier molecular flexibility index (Phi) is 5.38. The molecule has 0 saturated carbocycles. The predicted octanol–water partition coefficient (Wildman–Crippen LogP) is 3.78. The van der Waals surface area contributed by atoms with Gasteiger partial charge in [0.15, 0.2) is 0 Å². The molecule has 10 heavy (non-hydrogen) atoms. The predicted molar refractivity (Wildman–Crippen MR) is 48.1 cm³/mol. The van der Waals surface area contributed by atoms with Crippen LogP contribution >= 0.6 is 0 Å². The third-order valence-corrected chi connectivity index (χ3v) is 1.80. The lowest BCUT2D eigenvalue weighted by Crippen LogP contribution is -1.97. The monoisotopic (exact) mass is 140 g/mol. The summed E-state index contributed by atoms with van der Waals surface area (Å²) in [5, 5.41) is 0. The smallest absolute Gasteiger partial charge is 0.0259 e. The molecule has 0 aromatic carbocycles. The molecular weight excluding hydrogens is 120 g/mol. The second-order valence-electron chi connectivity index (χ2n) is 2.88. The van der Waals surface area contributed by atoms with Gasteiger partial charge in [0, 0.05) is 0 Å². The normalized spacial score (nSPS) is 24.4. The summed E-state index contributed by atoms with van der Waals surface area (Å²) < 4.78 is 0. The van der Waals surface area contributed by atoms with Gasteiger partial charge in [-0.1, -0.05) is 32.4 Å². The van der Waals surface area contributed by atoms with Crippen LogP contribution in [0.2, 0.25) is 0 Å². The van der Waals surface area contributed by atoms with Crippen molar-refractivity contribution in [3.63, 3.8) is 0 Å². The molecule has 1 rings (SSSR count). The van der Waals surface area contributed by atoms with Crippen molar-refractivity contribution in [3.05, 3.63) is 11.6 Å². The summed E-state index contributed by atoms with van der Waals surface area (Å²) in [7, 11) is 0. The van der Waals surface area contributed by atoms with E-state index < -0.39 is 0 Å². The first-order chi connectivity index (χ1) is 4.79. The van der Waals surface area contributed by atoms with Crippen LogP contribution in [0.1, 0.15) is 47.0 Å². The van der Waals surface area contributed by atoms with Gasteiger partial charge in [0.2, 0.25) is 0 Å². The van der Waals surface area contributed by atoms with E-state index in [0.29, 0.717) is 0 Å². The lowest BCUT2D eigenvalue weighted by molar-refractivity contribution is 0.568. The van der Waals surface area contributed by atoms with Crippen molar-refractivity contribution in [2.75, 3.05) is 0 Å². The molecule has 0 aliphatic heterocycles. The summed E-state index contributed by atoms with van der Waals surface area (Å²) in [5.74, 6) is 0.851. The maximum absolute atomic E-state index is 2.39. The van der Waals surface area contributed by atoms with Crippen LogP contribution in [0.3, 0.4) is 0 Å². The third-order valence-electron chi connectivity index (χ3n) is 1.80. The van der Waals surface area contributed by atoms with E-state index in [0.717, 1.165) is 5.92 Å². The van der Waals surface area contributed by atoms with Crippen molar-refractivity contribution in [2.45, 2.75) is 47.0 Å². The minimum Gasteiger partial charge on any atom is -0.0828 e. The lowest BCUT2D eigenvalue weighted by Gasteiger charge is -2.13. The van der Waals surface area contributed by atoms with Crippen LogP contribution in [0.15, 0.2) is 11.6 Å². The molecule has 0 aromatic rings. The van der Waals surface area contributed by atoms with Gasteiger partial charge in [-0.05, 0) is 32.1 Å². The van der Waals surface area contributed by atoms with Crippen LogP contribution in [0.4, 0.5) is 0 Å². The summed E-state index contributed by atoms with van der Waals surface area (Å²) in [5.41, 5.74) is 1.59. The zero-order valence-corrected chi connectivity index (χ0v) is 7.78. The maximum Gasteiger partial charge on any atom is -0.0259 e. The Morgan fingerprint density at radius 1 is 1.40 bits per heavy atom. The fourth-order valence-corrected chi connectivity index (χ4v) is 1.36. The molecule has 0 amide bonds. The highest BCUT2D eigenvalue weighted by Gasteiger charge is 2.04. The van der Waals surface area contributed by atoms with Gasteiger partial charge in [0.05, 0.1) is 0 Å². The Labute approximate surface area is 65.3 Å². The van der Waals surface area contributed by atoms with Gasteiger partial charge in [0.1, 0.15) is 0 Å². The summed E-state index contributed by atoms with van der Waals surface area (Å²) in [4.78, 5) is 0. The average Bonchev–Trinajstić information content (AvgIpc) is 1.91. The highest BCUT2D eigenvalue weighted by Crippen LogP contribution is 2.20. The summed E-state index contributed by atoms with van der Waals surface area (Å²) in [6.45, 7) is 8.53. The van der Waals surface area contributed by atoms with Crippen molar-refractivity contribution in [3.8, 4) is 0 Å². The van der Waals surface area contributed by atoms with Crippen LogP contribution in [-0.2, 0) is 0 Å². The van der Waals surface area contributed by atoms with E-state index in [2.05, 4.69) is 19.9 Å². The molecule has 0 heteroatoms. The van der Waals surface area contributed by atoms with Crippen molar-refractivity contribution in [1.82, 2.24) is 0 Å². The van der Waals surface area contributed by atoms with E-state index in [1.807, 2.05) is 13.8 Å². The molecule has 0 nitrogen and oxygen atoms in total. The van der Waals surface area contributed by atoms with E-state index in [4.69, 9.17) is 0 Å². The fourth-order valence-electron chi connectivity index (χ4n) is 1.36. The van der Waals surface area contributed by atoms with E-state index >= 15 is 0 Å². The second kappa shape index (κ2) is 5.52. The number of hydrogen-bond donors (Lipinski definition) is 0. The molecule has 0 heterocycles. The molecule has 0 aromatic heterocycles.